The Morgan fingerprint density at radius 2 is 2.11 bits per heavy atom. The van der Waals surface area contributed by atoms with Crippen molar-refractivity contribution in [1.82, 2.24) is 9.80 Å². The van der Waals surface area contributed by atoms with E-state index in [2.05, 4.69) is 11.9 Å². The van der Waals surface area contributed by atoms with E-state index < -0.39 is 11.4 Å². The molecule has 0 aromatic carbocycles. The number of likely N-dealkylation sites (tertiary alicyclic amines) is 1. The van der Waals surface area contributed by atoms with Crippen LogP contribution in [-0.2, 0) is 9.59 Å². The third kappa shape index (κ3) is 2.51. The molecule has 0 bridgehead atoms. The zero-order chi connectivity index (χ0) is 13.3. The van der Waals surface area contributed by atoms with Gasteiger partial charge in [0.25, 0.3) is 0 Å². The highest BCUT2D eigenvalue weighted by Crippen LogP contribution is 2.47. The van der Waals surface area contributed by atoms with Crippen LogP contribution in [0.25, 0.3) is 0 Å². The zero-order valence-electron chi connectivity index (χ0n) is 11.2. The number of carbonyl (C=O) groups excluding carboxylic acids is 1. The van der Waals surface area contributed by atoms with Crippen molar-refractivity contribution in [3.05, 3.63) is 0 Å². The lowest BCUT2D eigenvalue weighted by atomic mass is 10.0. The summed E-state index contributed by atoms with van der Waals surface area (Å²) < 4.78 is 0. The molecule has 0 spiro atoms. The Balaban J connectivity index is 1.80. The van der Waals surface area contributed by atoms with Gasteiger partial charge in [-0.2, -0.15) is 0 Å². The molecule has 1 saturated carbocycles. The molecule has 5 nitrogen and oxygen atoms in total. The lowest BCUT2D eigenvalue weighted by molar-refractivity contribution is -0.152. The van der Waals surface area contributed by atoms with Crippen molar-refractivity contribution < 1.29 is 14.7 Å². The molecule has 1 unspecified atom stereocenters. The Bertz CT molecular complexity index is 352. The van der Waals surface area contributed by atoms with Gasteiger partial charge in [-0.1, -0.05) is 0 Å². The predicted octanol–water partition coefficient (Wildman–Crippen LogP) is 0.651. The molecule has 2 fully saturated rings. The minimum absolute atomic E-state index is 0.207. The first-order chi connectivity index (χ1) is 8.45. The molecule has 1 N–H and O–H groups in total. The van der Waals surface area contributed by atoms with Gasteiger partial charge < -0.3 is 14.9 Å². The number of hydrogen-bond donors (Lipinski definition) is 1. The van der Waals surface area contributed by atoms with Crippen LogP contribution in [0.4, 0.5) is 0 Å². The van der Waals surface area contributed by atoms with E-state index in [1.165, 1.54) is 6.42 Å². The number of carboxylic acid groups (broad SMARTS) is 1. The quantitative estimate of drug-likeness (QED) is 0.732. The molecular weight excluding hydrogens is 232 g/mol. The molecule has 2 rings (SSSR count). The van der Waals surface area contributed by atoms with E-state index in [0.29, 0.717) is 25.3 Å². The Morgan fingerprint density at radius 1 is 1.44 bits per heavy atom. The topological polar surface area (TPSA) is 60.9 Å². The summed E-state index contributed by atoms with van der Waals surface area (Å²) in [7, 11) is 3.84. The summed E-state index contributed by atoms with van der Waals surface area (Å²) in [4.78, 5) is 27.1. The Hall–Kier alpha value is -1.10. The molecule has 1 aliphatic carbocycles. The molecule has 1 aliphatic heterocycles. The fourth-order valence-corrected chi connectivity index (χ4v) is 2.75. The second-order valence-corrected chi connectivity index (χ2v) is 5.82. The lowest BCUT2D eigenvalue weighted by Gasteiger charge is -2.22. The highest BCUT2D eigenvalue weighted by molar-refractivity contribution is 6.04. The van der Waals surface area contributed by atoms with E-state index in [4.69, 9.17) is 5.11 Å². The van der Waals surface area contributed by atoms with Gasteiger partial charge in [0.1, 0.15) is 5.41 Å². The van der Waals surface area contributed by atoms with Gasteiger partial charge in [-0.05, 0) is 45.2 Å². The first-order valence-electron chi connectivity index (χ1n) is 6.63. The van der Waals surface area contributed by atoms with Crippen molar-refractivity contribution in [2.24, 2.45) is 11.3 Å². The number of nitrogens with zero attached hydrogens (tertiary/aromatic N) is 2. The van der Waals surface area contributed by atoms with E-state index in [9.17, 15) is 9.59 Å². The summed E-state index contributed by atoms with van der Waals surface area (Å²) in [6, 6.07) is 0. The van der Waals surface area contributed by atoms with Gasteiger partial charge in [0, 0.05) is 20.1 Å². The summed E-state index contributed by atoms with van der Waals surface area (Å²) in [6.45, 7) is 2.89. The van der Waals surface area contributed by atoms with Crippen LogP contribution in [0.3, 0.4) is 0 Å². The molecule has 1 atom stereocenters. The maximum atomic E-state index is 12.1. The standard InChI is InChI=1S/C13H22N2O3/c1-14-7-3-10(9-14)4-8-15(2)11(16)13(5-6-13)12(17)18/h10H,3-9H2,1-2H3,(H,17,18). The van der Waals surface area contributed by atoms with E-state index in [0.717, 1.165) is 19.5 Å². The van der Waals surface area contributed by atoms with Gasteiger partial charge in [0.2, 0.25) is 5.91 Å². The van der Waals surface area contributed by atoms with Gasteiger partial charge in [0.15, 0.2) is 0 Å². The molecule has 2 aliphatic rings. The van der Waals surface area contributed by atoms with Crippen LogP contribution < -0.4 is 0 Å². The predicted molar refractivity (Wildman–Crippen MR) is 67.2 cm³/mol. The zero-order valence-corrected chi connectivity index (χ0v) is 11.2. The first kappa shape index (κ1) is 13.3. The van der Waals surface area contributed by atoms with Gasteiger partial charge >= 0.3 is 5.97 Å². The molecule has 5 heteroatoms. The van der Waals surface area contributed by atoms with Crippen molar-refractivity contribution >= 4 is 11.9 Å². The number of amides is 1. The number of hydrogen-bond acceptors (Lipinski definition) is 3. The number of aliphatic carboxylic acids is 1. The van der Waals surface area contributed by atoms with Crippen LogP contribution in [0, 0.1) is 11.3 Å². The van der Waals surface area contributed by atoms with E-state index in [-0.39, 0.29) is 5.91 Å². The summed E-state index contributed by atoms with van der Waals surface area (Å²) in [5, 5.41) is 9.08. The molecule has 102 valence electrons. The van der Waals surface area contributed by atoms with Crippen molar-refractivity contribution in [3.63, 3.8) is 0 Å². The molecule has 1 heterocycles. The lowest BCUT2D eigenvalue weighted by Crippen LogP contribution is -2.39. The van der Waals surface area contributed by atoms with Gasteiger partial charge in [-0.25, -0.2) is 0 Å². The second kappa shape index (κ2) is 4.88. The van der Waals surface area contributed by atoms with Gasteiger partial charge in [0.05, 0.1) is 0 Å². The third-order valence-corrected chi connectivity index (χ3v) is 4.28. The van der Waals surface area contributed by atoms with Crippen molar-refractivity contribution in [2.75, 3.05) is 33.7 Å². The normalized spacial score (nSPS) is 26.0. The van der Waals surface area contributed by atoms with Crippen LogP contribution in [-0.4, -0.2) is 60.5 Å². The monoisotopic (exact) mass is 254 g/mol. The third-order valence-electron chi connectivity index (χ3n) is 4.28. The minimum Gasteiger partial charge on any atom is -0.480 e. The fraction of sp³-hybridized carbons (Fsp3) is 0.846. The minimum atomic E-state index is -1.08. The van der Waals surface area contributed by atoms with Crippen molar-refractivity contribution in [2.45, 2.75) is 25.7 Å². The summed E-state index contributed by atoms with van der Waals surface area (Å²) >= 11 is 0. The molecular formula is C13H22N2O3. The molecule has 18 heavy (non-hydrogen) atoms. The van der Waals surface area contributed by atoms with Gasteiger partial charge in [-0.15, -0.1) is 0 Å². The van der Waals surface area contributed by atoms with E-state index >= 15 is 0 Å². The molecule has 1 saturated heterocycles. The smallest absolute Gasteiger partial charge is 0.319 e. The maximum absolute atomic E-state index is 12.1. The van der Waals surface area contributed by atoms with E-state index in [1.807, 2.05) is 0 Å². The van der Waals surface area contributed by atoms with Crippen molar-refractivity contribution in [3.8, 4) is 0 Å². The van der Waals surface area contributed by atoms with Gasteiger partial charge in [-0.3, -0.25) is 9.59 Å². The SMILES string of the molecule is CN1CCC(CCN(C)C(=O)C2(C(=O)O)CC2)C1. The molecule has 0 aromatic heterocycles. The molecule has 1 amide bonds. The maximum Gasteiger partial charge on any atom is 0.319 e. The number of carboxylic acids is 1. The Labute approximate surface area is 108 Å². The largest absolute Gasteiger partial charge is 0.480 e. The van der Waals surface area contributed by atoms with E-state index in [1.54, 1.807) is 11.9 Å². The van der Waals surface area contributed by atoms with Crippen LogP contribution in [0.15, 0.2) is 0 Å². The van der Waals surface area contributed by atoms with Crippen LogP contribution in [0.1, 0.15) is 25.7 Å². The van der Waals surface area contributed by atoms with Crippen LogP contribution in [0.5, 0.6) is 0 Å². The van der Waals surface area contributed by atoms with Crippen LogP contribution >= 0.6 is 0 Å². The average Bonchev–Trinajstić information content (AvgIpc) is 3.04. The van der Waals surface area contributed by atoms with Crippen LogP contribution in [0.2, 0.25) is 0 Å². The highest BCUT2D eigenvalue weighted by atomic mass is 16.4. The number of rotatable bonds is 5. The first-order valence-corrected chi connectivity index (χ1v) is 6.63. The Kier molecular flexibility index (Phi) is 3.61. The molecule has 0 aromatic rings. The fourth-order valence-electron chi connectivity index (χ4n) is 2.75. The summed E-state index contributed by atoms with van der Waals surface area (Å²) in [6.07, 6.45) is 3.15. The highest BCUT2D eigenvalue weighted by Gasteiger charge is 2.58. The second-order valence-electron chi connectivity index (χ2n) is 5.82. The summed E-state index contributed by atoms with van der Waals surface area (Å²) in [5.41, 5.74) is -1.08. The van der Waals surface area contributed by atoms with Crippen molar-refractivity contribution in [1.29, 1.82) is 0 Å². The summed E-state index contributed by atoms with van der Waals surface area (Å²) in [5.74, 6) is -0.522. The Morgan fingerprint density at radius 3 is 2.56 bits per heavy atom. The average molecular weight is 254 g/mol. The number of carbonyl (C=O) groups is 2. The molecule has 0 radical (unpaired) electrons.